The van der Waals surface area contributed by atoms with Crippen molar-refractivity contribution in [2.45, 2.75) is 24.8 Å². The summed E-state index contributed by atoms with van der Waals surface area (Å²) in [7, 11) is -6.94. The van der Waals surface area contributed by atoms with E-state index in [4.69, 9.17) is 0 Å². The molecule has 0 aromatic heterocycles. The summed E-state index contributed by atoms with van der Waals surface area (Å²) in [5, 5.41) is 2.53. The highest BCUT2D eigenvalue weighted by molar-refractivity contribution is 7.91. The van der Waals surface area contributed by atoms with E-state index in [1.807, 2.05) is 24.3 Å². The number of hydrogen-bond donors (Lipinski definition) is 1. The second kappa shape index (κ2) is 8.64. The summed E-state index contributed by atoms with van der Waals surface area (Å²) in [5.74, 6) is -0.645. The van der Waals surface area contributed by atoms with E-state index in [0.29, 0.717) is 19.5 Å². The number of benzene rings is 2. The summed E-state index contributed by atoms with van der Waals surface area (Å²) < 4.78 is 50.6. The number of carbonyl (C=O) groups is 1. The zero-order valence-corrected chi connectivity index (χ0v) is 17.8. The molecule has 0 aliphatic carbocycles. The molecule has 1 heterocycles. The Kier molecular flexibility index (Phi) is 6.40. The van der Waals surface area contributed by atoms with Crippen LogP contribution >= 0.6 is 0 Å². The molecule has 0 radical (unpaired) electrons. The summed E-state index contributed by atoms with van der Waals surface area (Å²) in [4.78, 5) is 12.4. The molecule has 0 saturated heterocycles. The van der Waals surface area contributed by atoms with E-state index >= 15 is 0 Å². The first-order valence-corrected chi connectivity index (χ1v) is 12.6. The van der Waals surface area contributed by atoms with Gasteiger partial charge in [-0.2, -0.15) is 4.31 Å². The standard InChI is InChI=1S/C20H24N2O5S2/c1-2-28(24,25)13-11-21-20(23)17-8-5-9-19(14-17)29(26,27)22-12-10-16-6-3-4-7-18(16)15-22/h3-9,14H,2,10-13,15H2,1H3,(H,21,23). The second-order valence-electron chi connectivity index (χ2n) is 6.88. The van der Waals surface area contributed by atoms with Gasteiger partial charge in [0, 0.05) is 31.0 Å². The highest BCUT2D eigenvalue weighted by atomic mass is 32.2. The maximum atomic E-state index is 13.1. The van der Waals surface area contributed by atoms with Crippen molar-refractivity contribution < 1.29 is 21.6 Å². The minimum absolute atomic E-state index is 0.00949. The van der Waals surface area contributed by atoms with Gasteiger partial charge in [0.15, 0.2) is 9.84 Å². The number of amides is 1. The van der Waals surface area contributed by atoms with Gasteiger partial charge in [-0.15, -0.1) is 0 Å². The van der Waals surface area contributed by atoms with E-state index in [-0.39, 0.29) is 28.5 Å². The van der Waals surface area contributed by atoms with Gasteiger partial charge >= 0.3 is 0 Å². The largest absolute Gasteiger partial charge is 0.351 e. The average Bonchev–Trinajstić information content (AvgIpc) is 2.73. The smallest absolute Gasteiger partial charge is 0.251 e. The normalized spacial score (nSPS) is 14.9. The zero-order valence-electron chi connectivity index (χ0n) is 16.2. The van der Waals surface area contributed by atoms with Gasteiger partial charge in [-0.3, -0.25) is 4.79 Å². The van der Waals surface area contributed by atoms with Crippen molar-refractivity contribution in [2.24, 2.45) is 0 Å². The maximum Gasteiger partial charge on any atom is 0.251 e. The maximum absolute atomic E-state index is 13.1. The van der Waals surface area contributed by atoms with Crippen LogP contribution in [0.25, 0.3) is 0 Å². The number of hydrogen-bond acceptors (Lipinski definition) is 5. The van der Waals surface area contributed by atoms with Crippen molar-refractivity contribution in [1.29, 1.82) is 0 Å². The summed E-state index contributed by atoms with van der Waals surface area (Å²) in [6, 6.07) is 13.6. The fourth-order valence-corrected chi connectivity index (χ4v) is 5.36. The van der Waals surface area contributed by atoms with Crippen LogP contribution in [0, 0.1) is 0 Å². The predicted octanol–water partition coefficient (Wildman–Crippen LogP) is 1.60. The Morgan fingerprint density at radius 1 is 1.03 bits per heavy atom. The zero-order chi connectivity index (χ0) is 21.1. The summed E-state index contributed by atoms with van der Waals surface area (Å²) in [5.41, 5.74) is 2.31. The molecule has 7 nitrogen and oxygen atoms in total. The van der Waals surface area contributed by atoms with Crippen LogP contribution in [0.3, 0.4) is 0 Å². The Labute approximate surface area is 171 Å². The van der Waals surface area contributed by atoms with Gasteiger partial charge in [-0.1, -0.05) is 37.3 Å². The number of carbonyl (C=O) groups excluding carboxylic acids is 1. The van der Waals surface area contributed by atoms with Crippen LogP contribution in [0.15, 0.2) is 53.4 Å². The van der Waals surface area contributed by atoms with Crippen molar-refractivity contribution in [2.75, 3.05) is 24.6 Å². The van der Waals surface area contributed by atoms with Crippen molar-refractivity contribution in [3.8, 4) is 0 Å². The second-order valence-corrected chi connectivity index (χ2v) is 11.3. The monoisotopic (exact) mass is 436 g/mol. The molecule has 0 fully saturated rings. The van der Waals surface area contributed by atoms with Crippen LogP contribution in [-0.4, -0.2) is 51.6 Å². The van der Waals surface area contributed by atoms with E-state index in [1.165, 1.54) is 28.6 Å². The van der Waals surface area contributed by atoms with E-state index < -0.39 is 25.8 Å². The molecule has 0 spiro atoms. The molecule has 0 bridgehead atoms. The molecule has 1 amide bonds. The minimum Gasteiger partial charge on any atom is -0.351 e. The molecular weight excluding hydrogens is 412 g/mol. The van der Waals surface area contributed by atoms with Crippen molar-refractivity contribution >= 4 is 25.8 Å². The SMILES string of the molecule is CCS(=O)(=O)CCNC(=O)c1cccc(S(=O)(=O)N2CCc3ccccc3C2)c1. The fraction of sp³-hybridized carbons (Fsp3) is 0.350. The molecule has 1 aliphatic rings. The lowest BCUT2D eigenvalue weighted by molar-refractivity contribution is 0.0956. The first kappa shape index (κ1) is 21.5. The van der Waals surface area contributed by atoms with Crippen LogP contribution in [0.5, 0.6) is 0 Å². The molecule has 1 N–H and O–H groups in total. The molecule has 1 aliphatic heterocycles. The number of nitrogens with one attached hydrogen (secondary N) is 1. The Morgan fingerprint density at radius 2 is 1.76 bits per heavy atom. The van der Waals surface area contributed by atoms with Crippen LogP contribution in [0.2, 0.25) is 0 Å². The highest BCUT2D eigenvalue weighted by Gasteiger charge is 2.28. The Balaban J connectivity index is 1.74. The van der Waals surface area contributed by atoms with E-state index in [9.17, 15) is 21.6 Å². The van der Waals surface area contributed by atoms with Gasteiger partial charge in [0.05, 0.1) is 10.6 Å². The molecule has 29 heavy (non-hydrogen) atoms. The average molecular weight is 437 g/mol. The molecule has 2 aromatic rings. The number of rotatable bonds is 7. The Hall–Kier alpha value is -2.23. The Bertz CT molecular complexity index is 1110. The fourth-order valence-electron chi connectivity index (χ4n) is 3.19. The third-order valence-electron chi connectivity index (χ3n) is 4.97. The molecule has 156 valence electrons. The molecule has 9 heteroatoms. The van der Waals surface area contributed by atoms with Gasteiger partial charge in [0.2, 0.25) is 10.0 Å². The lowest BCUT2D eigenvalue weighted by Gasteiger charge is -2.28. The van der Waals surface area contributed by atoms with Gasteiger partial charge < -0.3 is 5.32 Å². The molecule has 0 atom stereocenters. The summed E-state index contributed by atoms with van der Waals surface area (Å²) in [6.45, 7) is 2.20. The number of sulfone groups is 1. The van der Waals surface area contributed by atoms with Crippen molar-refractivity contribution in [3.05, 3.63) is 65.2 Å². The van der Waals surface area contributed by atoms with Crippen molar-refractivity contribution in [3.63, 3.8) is 0 Å². The molecule has 0 saturated carbocycles. The number of fused-ring (bicyclic) bond motifs is 1. The van der Waals surface area contributed by atoms with Crippen LogP contribution < -0.4 is 5.32 Å². The van der Waals surface area contributed by atoms with Gasteiger partial charge in [0.25, 0.3) is 5.91 Å². The van der Waals surface area contributed by atoms with Crippen LogP contribution in [-0.2, 0) is 32.8 Å². The van der Waals surface area contributed by atoms with Crippen LogP contribution in [0.1, 0.15) is 28.4 Å². The van der Waals surface area contributed by atoms with Crippen molar-refractivity contribution in [1.82, 2.24) is 9.62 Å². The van der Waals surface area contributed by atoms with E-state index in [0.717, 1.165) is 11.1 Å². The summed E-state index contributed by atoms with van der Waals surface area (Å²) in [6.07, 6.45) is 0.640. The first-order valence-electron chi connectivity index (χ1n) is 9.38. The number of nitrogens with zero attached hydrogens (tertiary/aromatic N) is 1. The van der Waals surface area contributed by atoms with E-state index in [1.54, 1.807) is 6.92 Å². The predicted molar refractivity (Wildman–Crippen MR) is 111 cm³/mol. The molecule has 2 aromatic carbocycles. The summed E-state index contributed by atoms with van der Waals surface area (Å²) >= 11 is 0. The Morgan fingerprint density at radius 3 is 2.48 bits per heavy atom. The first-order chi connectivity index (χ1) is 13.7. The minimum atomic E-state index is -3.75. The quantitative estimate of drug-likeness (QED) is 0.711. The lowest BCUT2D eigenvalue weighted by atomic mass is 10.0. The third-order valence-corrected chi connectivity index (χ3v) is 8.52. The van der Waals surface area contributed by atoms with Gasteiger partial charge in [-0.05, 0) is 35.7 Å². The van der Waals surface area contributed by atoms with Crippen LogP contribution in [0.4, 0.5) is 0 Å². The molecule has 0 unspecified atom stereocenters. The van der Waals surface area contributed by atoms with E-state index in [2.05, 4.69) is 5.32 Å². The lowest BCUT2D eigenvalue weighted by Crippen LogP contribution is -2.36. The topological polar surface area (TPSA) is 101 Å². The number of sulfonamides is 1. The van der Waals surface area contributed by atoms with Gasteiger partial charge in [0.1, 0.15) is 0 Å². The molecular formula is C20H24N2O5S2. The third kappa shape index (κ3) is 5.04. The molecule has 3 rings (SSSR count). The highest BCUT2D eigenvalue weighted by Crippen LogP contribution is 2.25. The van der Waals surface area contributed by atoms with Gasteiger partial charge in [-0.25, -0.2) is 16.8 Å².